The van der Waals surface area contributed by atoms with Gasteiger partial charge in [0.2, 0.25) is 0 Å². The molecule has 0 saturated carbocycles. The van der Waals surface area contributed by atoms with E-state index < -0.39 is 6.10 Å². The summed E-state index contributed by atoms with van der Waals surface area (Å²) in [6, 6.07) is 13.9. The summed E-state index contributed by atoms with van der Waals surface area (Å²) in [6.45, 7) is 4.78. The predicted octanol–water partition coefficient (Wildman–Crippen LogP) is 5.39. The number of halogens is 2. The molecule has 2 aromatic carbocycles. The Morgan fingerprint density at radius 1 is 1.10 bits per heavy atom. The zero-order valence-electron chi connectivity index (χ0n) is 17.5. The van der Waals surface area contributed by atoms with Crippen LogP contribution in [0.5, 0.6) is 5.75 Å². The number of piperidine rings is 1. The number of rotatable bonds is 6. The number of amides is 1. The Kier molecular flexibility index (Phi) is 7.59. The lowest BCUT2D eigenvalue weighted by atomic mass is 9.88. The molecule has 1 unspecified atom stereocenters. The monoisotopic (exact) mass is 458 g/mol. The predicted molar refractivity (Wildman–Crippen MR) is 121 cm³/mol. The molecule has 1 atom stereocenters. The molecular formula is C24H24Cl2N2O3. The highest BCUT2D eigenvalue weighted by Gasteiger charge is 2.34. The zero-order valence-corrected chi connectivity index (χ0v) is 19.0. The molecule has 1 saturated heterocycles. The summed E-state index contributed by atoms with van der Waals surface area (Å²) in [7, 11) is 0. The Bertz CT molecular complexity index is 1010. The fourth-order valence-electron chi connectivity index (χ4n) is 3.70. The first-order valence-corrected chi connectivity index (χ1v) is 11.0. The Balaban J connectivity index is 1.65. The zero-order chi connectivity index (χ0) is 22.5. The highest BCUT2D eigenvalue weighted by molar-refractivity contribution is 6.42. The highest BCUT2D eigenvalue weighted by Crippen LogP contribution is 2.28. The van der Waals surface area contributed by atoms with Crippen molar-refractivity contribution in [3.8, 4) is 11.8 Å². The number of ketones is 1. The summed E-state index contributed by atoms with van der Waals surface area (Å²) < 4.78 is 5.97. The molecule has 162 valence electrons. The molecule has 0 spiro atoms. The number of para-hydroxylation sites is 1. The Morgan fingerprint density at radius 3 is 2.39 bits per heavy atom. The smallest absolute Gasteiger partial charge is 0.263 e. The third-order valence-corrected chi connectivity index (χ3v) is 6.23. The number of carbonyl (C=O) groups excluding carboxylic acids is 2. The normalized spacial score (nSPS) is 15.4. The number of carbonyl (C=O) groups is 2. The lowest BCUT2D eigenvalue weighted by Gasteiger charge is -2.34. The first-order chi connectivity index (χ1) is 14.8. The van der Waals surface area contributed by atoms with E-state index in [1.165, 1.54) is 0 Å². The molecular weight excluding hydrogens is 435 g/mol. The Hall–Kier alpha value is -2.55. The van der Waals surface area contributed by atoms with Crippen LogP contribution >= 0.6 is 23.2 Å². The number of ether oxygens (including phenoxy) is 1. The van der Waals surface area contributed by atoms with Gasteiger partial charge in [0.05, 0.1) is 15.6 Å². The van der Waals surface area contributed by atoms with Gasteiger partial charge in [0.25, 0.3) is 5.91 Å². The van der Waals surface area contributed by atoms with Crippen LogP contribution in [0.15, 0.2) is 42.5 Å². The molecule has 3 rings (SSSR count). The summed E-state index contributed by atoms with van der Waals surface area (Å²) in [5.41, 5.74) is 0.933. The molecule has 0 bridgehead atoms. The Labute approximate surface area is 192 Å². The molecule has 1 fully saturated rings. The number of Topliss-reactive ketones (excluding diaryl/α,β-unsaturated/α-hetero) is 1. The minimum atomic E-state index is -0.697. The highest BCUT2D eigenvalue weighted by atomic mass is 35.5. The molecule has 0 aromatic heterocycles. The number of hydrogen-bond donors (Lipinski definition) is 0. The van der Waals surface area contributed by atoms with E-state index in [1.54, 1.807) is 47.4 Å². The average Bonchev–Trinajstić information content (AvgIpc) is 2.78. The summed E-state index contributed by atoms with van der Waals surface area (Å²) in [4.78, 5) is 27.8. The molecule has 2 aromatic rings. The van der Waals surface area contributed by atoms with Gasteiger partial charge in [-0.2, -0.15) is 5.26 Å². The van der Waals surface area contributed by atoms with Gasteiger partial charge in [-0.25, -0.2) is 0 Å². The number of hydrogen-bond acceptors (Lipinski definition) is 4. The van der Waals surface area contributed by atoms with Crippen molar-refractivity contribution in [3.63, 3.8) is 0 Å². The van der Waals surface area contributed by atoms with Crippen molar-refractivity contribution in [3.05, 3.63) is 63.6 Å². The molecule has 0 radical (unpaired) electrons. The quantitative estimate of drug-likeness (QED) is 0.543. The van der Waals surface area contributed by atoms with E-state index in [1.807, 2.05) is 13.8 Å². The SMILES string of the molecule is CC(C)C(Oc1ccccc1C#N)C(=O)N1CCC(C(=O)c2ccc(Cl)c(Cl)c2)CC1. The summed E-state index contributed by atoms with van der Waals surface area (Å²) in [5, 5.41) is 10.1. The maximum absolute atomic E-state index is 13.2. The molecule has 1 aliphatic heterocycles. The standard InChI is InChI=1S/C24H24Cl2N2O3/c1-15(2)23(31-21-6-4-3-5-18(21)14-27)24(30)28-11-9-16(10-12-28)22(29)17-7-8-19(25)20(26)13-17/h3-8,13,15-16,23H,9-12H2,1-2H3. The van der Waals surface area contributed by atoms with Gasteiger partial charge >= 0.3 is 0 Å². The van der Waals surface area contributed by atoms with Crippen LogP contribution in [0.1, 0.15) is 42.6 Å². The number of nitriles is 1. The topological polar surface area (TPSA) is 70.4 Å². The van der Waals surface area contributed by atoms with Gasteiger partial charge < -0.3 is 9.64 Å². The van der Waals surface area contributed by atoms with Crippen molar-refractivity contribution in [1.82, 2.24) is 4.90 Å². The summed E-state index contributed by atoms with van der Waals surface area (Å²) in [6.07, 6.45) is 0.450. The third-order valence-electron chi connectivity index (χ3n) is 5.49. The fourth-order valence-corrected chi connectivity index (χ4v) is 4.00. The molecule has 1 aliphatic rings. The molecule has 1 heterocycles. The second kappa shape index (κ2) is 10.2. The minimum Gasteiger partial charge on any atom is -0.479 e. The van der Waals surface area contributed by atoms with E-state index in [4.69, 9.17) is 27.9 Å². The molecule has 1 amide bonds. The van der Waals surface area contributed by atoms with Gasteiger partial charge in [-0.05, 0) is 49.1 Å². The average molecular weight is 459 g/mol. The Morgan fingerprint density at radius 2 is 1.77 bits per heavy atom. The van der Waals surface area contributed by atoms with Crippen LogP contribution in [0.4, 0.5) is 0 Å². The molecule has 7 heteroatoms. The summed E-state index contributed by atoms with van der Waals surface area (Å²) >= 11 is 12.0. The lowest BCUT2D eigenvalue weighted by molar-refractivity contribution is -0.142. The van der Waals surface area contributed by atoms with Crippen molar-refractivity contribution < 1.29 is 14.3 Å². The largest absolute Gasteiger partial charge is 0.479 e. The maximum atomic E-state index is 13.2. The van der Waals surface area contributed by atoms with Gasteiger partial charge in [0, 0.05) is 24.6 Å². The molecule has 31 heavy (non-hydrogen) atoms. The number of likely N-dealkylation sites (tertiary alicyclic amines) is 1. The van der Waals surface area contributed by atoms with Crippen LogP contribution < -0.4 is 4.74 Å². The molecule has 0 N–H and O–H groups in total. The van der Waals surface area contributed by atoms with E-state index in [-0.39, 0.29) is 23.5 Å². The lowest BCUT2D eigenvalue weighted by Crippen LogP contribution is -2.48. The van der Waals surface area contributed by atoms with Crippen LogP contribution in [0.2, 0.25) is 10.0 Å². The van der Waals surface area contributed by atoms with Crippen LogP contribution in [-0.4, -0.2) is 35.8 Å². The van der Waals surface area contributed by atoms with Gasteiger partial charge in [-0.15, -0.1) is 0 Å². The van der Waals surface area contributed by atoms with E-state index in [0.717, 1.165) is 0 Å². The van der Waals surface area contributed by atoms with Crippen LogP contribution in [-0.2, 0) is 4.79 Å². The molecule has 5 nitrogen and oxygen atoms in total. The van der Waals surface area contributed by atoms with Gasteiger partial charge in [-0.1, -0.05) is 49.2 Å². The van der Waals surface area contributed by atoms with Gasteiger partial charge in [0.1, 0.15) is 11.8 Å². The van der Waals surface area contributed by atoms with Crippen molar-refractivity contribution in [2.75, 3.05) is 13.1 Å². The van der Waals surface area contributed by atoms with Crippen molar-refractivity contribution >= 4 is 34.9 Å². The van der Waals surface area contributed by atoms with Crippen LogP contribution in [0.3, 0.4) is 0 Å². The number of benzene rings is 2. The molecule has 0 aliphatic carbocycles. The first-order valence-electron chi connectivity index (χ1n) is 10.3. The maximum Gasteiger partial charge on any atom is 0.263 e. The minimum absolute atomic E-state index is 0.0188. The first kappa shape index (κ1) is 23.1. The summed E-state index contributed by atoms with van der Waals surface area (Å²) in [5.74, 6) is 0.0593. The van der Waals surface area contributed by atoms with Gasteiger partial charge in [-0.3, -0.25) is 9.59 Å². The number of nitrogens with zero attached hydrogens (tertiary/aromatic N) is 2. The van der Waals surface area contributed by atoms with E-state index in [9.17, 15) is 14.9 Å². The fraction of sp³-hybridized carbons (Fsp3) is 0.375. The van der Waals surface area contributed by atoms with E-state index >= 15 is 0 Å². The second-order valence-corrected chi connectivity index (χ2v) is 8.80. The van der Waals surface area contributed by atoms with E-state index in [2.05, 4.69) is 6.07 Å². The van der Waals surface area contributed by atoms with Gasteiger partial charge in [0.15, 0.2) is 11.9 Å². The van der Waals surface area contributed by atoms with E-state index in [0.29, 0.717) is 52.9 Å². The van der Waals surface area contributed by atoms with Crippen molar-refractivity contribution in [1.29, 1.82) is 5.26 Å². The second-order valence-electron chi connectivity index (χ2n) is 7.98. The third kappa shape index (κ3) is 5.39. The van der Waals surface area contributed by atoms with Crippen LogP contribution in [0.25, 0.3) is 0 Å². The van der Waals surface area contributed by atoms with Crippen molar-refractivity contribution in [2.24, 2.45) is 11.8 Å². The van der Waals surface area contributed by atoms with Crippen LogP contribution in [0, 0.1) is 23.2 Å². The van der Waals surface area contributed by atoms with Crippen molar-refractivity contribution in [2.45, 2.75) is 32.8 Å².